The van der Waals surface area contributed by atoms with Crippen LogP contribution < -0.4 is 21.3 Å². The van der Waals surface area contributed by atoms with Crippen LogP contribution in [0.5, 0.6) is 0 Å². The van der Waals surface area contributed by atoms with Crippen LogP contribution in [0.15, 0.2) is 41.3 Å². The van der Waals surface area contributed by atoms with Crippen LogP contribution in [0.3, 0.4) is 0 Å². The SMILES string of the molecule is CNC(=O)c1c(CC(=O)NC2Nc3ccc(F)cc3S2)cccc1NC. The minimum absolute atomic E-state index is 0.0573. The molecule has 136 valence electrons. The number of hydrogen-bond donors (Lipinski definition) is 4. The Hall–Kier alpha value is -2.74. The third-order valence-corrected chi connectivity index (χ3v) is 5.06. The van der Waals surface area contributed by atoms with Crippen LogP contribution in [0.1, 0.15) is 15.9 Å². The Morgan fingerprint density at radius 3 is 2.77 bits per heavy atom. The van der Waals surface area contributed by atoms with Gasteiger partial charge in [-0.15, -0.1) is 0 Å². The molecule has 0 radical (unpaired) electrons. The molecule has 0 saturated heterocycles. The monoisotopic (exact) mass is 374 g/mol. The van der Waals surface area contributed by atoms with Crippen molar-refractivity contribution in [1.29, 1.82) is 0 Å². The molecule has 0 aromatic heterocycles. The first-order valence-corrected chi connectivity index (χ1v) is 8.93. The molecular formula is C18H19FN4O2S. The number of benzene rings is 2. The van der Waals surface area contributed by atoms with E-state index in [2.05, 4.69) is 21.3 Å². The van der Waals surface area contributed by atoms with Gasteiger partial charge in [0.2, 0.25) is 5.91 Å². The number of carbonyl (C=O) groups excluding carboxylic acids is 2. The zero-order valence-corrected chi connectivity index (χ0v) is 15.2. The highest BCUT2D eigenvalue weighted by Gasteiger charge is 2.24. The first-order valence-electron chi connectivity index (χ1n) is 8.05. The summed E-state index contributed by atoms with van der Waals surface area (Å²) in [7, 11) is 3.27. The molecular weight excluding hydrogens is 355 g/mol. The number of amides is 2. The highest BCUT2D eigenvalue weighted by molar-refractivity contribution is 8.00. The van der Waals surface area contributed by atoms with Gasteiger partial charge in [-0.05, 0) is 29.8 Å². The minimum atomic E-state index is -0.379. The molecule has 1 atom stereocenters. The van der Waals surface area contributed by atoms with Gasteiger partial charge in [-0.3, -0.25) is 9.59 Å². The van der Waals surface area contributed by atoms with Crippen LogP contribution in [-0.2, 0) is 11.2 Å². The summed E-state index contributed by atoms with van der Waals surface area (Å²) in [5, 5.41) is 11.5. The van der Waals surface area contributed by atoms with Gasteiger partial charge in [0.25, 0.3) is 5.91 Å². The third-order valence-electron chi connectivity index (χ3n) is 3.99. The van der Waals surface area contributed by atoms with Crippen molar-refractivity contribution in [2.75, 3.05) is 24.7 Å². The molecule has 0 aliphatic carbocycles. The second-order valence-corrected chi connectivity index (χ2v) is 6.84. The van der Waals surface area contributed by atoms with E-state index in [1.54, 1.807) is 38.4 Å². The van der Waals surface area contributed by atoms with Gasteiger partial charge < -0.3 is 21.3 Å². The molecule has 0 spiro atoms. The maximum Gasteiger partial charge on any atom is 0.253 e. The number of thioether (sulfide) groups is 1. The third kappa shape index (κ3) is 3.75. The summed E-state index contributed by atoms with van der Waals surface area (Å²) in [6.45, 7) is 0. The average molecular weight is 374 g/mol. The van der Waals surface area contributed by atoms with Crippen LogP contribution in [0.25, 0.3) is 0 Å². The number of nitrogens with one attached hydrogen (secondary N) is 4. The lowest BCUT2D eigenvalue weighted by molar-refractivity contribution is -0.120. The topological polar surface area (TPSA) is 82.3 Å². The van der Waals surface area contributed by atoms with Crippen molar-refractivity contribution >= 4 is 35.0 Å². The van der Waals surface area contributed by atoms with Gasteiger partial charge in [0.05, 0.1) is 17.7 Å². The van der Waals surface area contributed by atoms with E-state index in [1.165, 1.54) is 23.9 Å². The van der Waals surface area contributed by atoms with E-state index in [0.29, 0.717) is 16.8 Å². The van der Waals surface area contributed by atoms with Gasteiger partial charge in [0.1, 0.15) is 5.82 Å². The zero-order valence-electron chi connectivity index (χ0n) is 14.4. The Morgan fingerprint density at radius 1 is 1.23 bits per heavy atom. The van der Waals surface area contributed by atoms with Crippen molar-refractivity contribution in [3.63, 3.8) is 0 Å². The van der Waals surface area contributed by atoms with Crippen molar-refractivity contribution in [3.8, 4) is 0 Å². The predicted molar refractivity (Wildman–Crippen MR) is 101 cm³/mol. The molecule has 3 rings (SSSR count). The molecule has 6 nitrogen and oxygen atoms in total. The van der Waals surface area contributed by atoms with Crippen molar-refractivity contribution in [1.82, 2.24) is 10.6 Å². The van der Waals surface area contributed by atoms with E-state index in [4.69, 9.17) is 0 Å². The Labute approximate surface area is 154 Å². The fraction of sp³-hybridized carbons (Fsp3) is 0.222. The number of halogens is 1. The van der Waals surface area contributed by atoms with Gasteiger partial charge >= 0.3 is 0 Å². The molecule has 1 heterocycles. The Kier molecular flexibility index (Phi) is 5.32. The van der Waals surface area contributed by atoms with Crippen molar-refractivity contribution in [2.24, 2.45) is 0 Å². The maximum atomic E-state index is 13.3. The van der Waals surface area contributed by atoms with Crippen LogP contribution in [0, 0.1) is 5.82 Å². The lowest BCUT2D eigenvalue weighted by Crippen LogP contribution is -2.37. The van der Waals surface area contributed by atoms with E-state index in [9.17, 15) is 14.0 Å². The number of anilines is 2. The van der Waals surface area contributed by atoms with Crippen LogP contribution in [0.2, 0.25) is 0 Å². The van der Waals surface area contributed by atoms with Crippen LogP contribution in [-0.4, -0.2) is 31.4 Å². The summed E-state index contributed by atoms with van der Waals surface area (Å²) >= 11 is 1.34. The second-order valence-electron chi connectivity index (χ2n) is 5.70. The molecule has 0 bridgehead atoms. The molecule has 0 fully saturated rings. The Balaban J connectivity index is 1.71. The summed E-state index contributed by atoms with van der Waals surface area (Å²) in [6, 6.07) is 9.77. The molecule has 26 heavy (non-hydrogen) atoms. The van der Waals surface area contributed by atoms with E-state index < -0.39 is 0 Å². The van der Waals surface area contributed by atoms with E-state index in [-0.39, 0.29) is 29.6 Å². The maximum absolute atomic E-state index is 13.3. The average Bonchev–Trinajstić information content (AvgIpc) is 3.01. The molecule has 1 aliphatic rings. The van der Waals surface area contributed by atoms with Crippen LogP contribution in [0.4, 0.5) is 15.8 Å². The van der Waals surface area contributed by atoms with Gasteiger partial charge in [-0.25, -0.2) is 4.39 Å². The Bertz CT molecular complexity index is 859. The van der Waals surface area contributed by atoms with E-state index >= 15 is 0 Å². The summed E-state index contributed by atoms with van der Waals surface area (Å²) < 4.78 is 13.3. The summed E-state index contributed by atoms with van der Waals surface area (Å²) in [5.41, 5.74) is 2.14. The number of fused-ring (bicyclic) bond motifs is 1. The molecule has 2 aromatic carbocycles. The zero-order chi connectivity index (χ0) is 18.7. The molecule has 8 heteroatoms. The molecule has 1 aliphatic heterocycles. The lowest BCUT2D eigenvalue weighted by atomic mass is 10.0. The first-order chi connectivity index (χ1) is 12.5. The van der Waals surface area contributed by atoms with E-state index in [1.807, 2.05) is 0 Å². The molecule has 1 unspecified atom stereocenters. The predicted octanol–water partition coefficient (Wildman–Crippen LogP) is 2.39. The second kappa shape index (κ2) is 7.65. The van der Waals surface area contributed by atoms with Gasteiger partial charge in [0, 0.05) is 24.7 Å². The fourth-order valence-electron chi connectivity index (χ4n) is 2.80. The number of carbonyl (C=O) groups is 2. The highest BCUT2D eigenvalue weighted by atomic mass is 32.2. The summed E-state index contributed by atoms with van der Waals surface area (Å²) in [6.07, 6.45) is 0.0573. The van der Waals surface area contributed by atoms with Crippen molar-refractivity contribution in [2.45, 2.75) is 16.8 Å². The van der Waals surface area contributed by atoms with Gasteiger partial charge in [0.15, 0.2) is 5.50 Å². The van der Waals surface area contributed by atoms with Crippen LogP contribution >= 0.6 is 11.8 Å². The molecule has 4 N–H and O–H groups in total. The standard InChI is InChI=1S/C18H19FN4O2S/c1-20-13-5-3-4-10(16(13)17(25)21-2)8-15(24)23-18-22-12-7-6-11(19)9-14(12)26-18/h3-7,9,18,20,22H,8H2,1-2H3,(H,21,25)(H,23,24). The molecule has 2 aromatic rings. The van der Waals surface area contributed by atoms with E-state index in [0.717, 1.165) is 10.6 Å². The summed E-state index contributed by atoms with van der Waals surface area (Å²) in [5.74, 6) is -0.806. The normalized spacial score (nSPS) is 15.0. The fourth-order valence-corrected chi connectivity index (χ4v) is 3.86. The first kappa shape index (κ1) is 18.1. The molecule has 2 amide bonds. The highest BCUT2D eigenvalue weighted by Crippen LogP contribution is 2.37. The summed E-state index contributed by atoms with van der Waals surface area (Å²) in [4.78, 5) is 25.4. The largest absolute Gasteiger partial charge is 0.387 e. The van der Waals surface area contributed by atoms with Gasteiger partial charge in [-0.2, -0.15) is 0 Å². The quantitative estimate of drug-likeness (QED) is 0.646. The van der Waals surface area contributed by atoms with Crippen molar-refractivity contribution in [3.05, 3.63) is 53.3 Å². The van der Waals surface area contributed by atoms with Crippen molar-refractivity contribution < 1.29 is 14.0 Å². The lowest BCUT2D eigenvalue weighted by Gasteiger charge is -2.16. The number of rotatable bonds is 5. The van der Waals surface area contributed by atoms with Gasteiger partial charge in [-0.1, -0.05) is 23.9 Å². The Morgan fingerprint density at radius 2 is 2.04 bits per heavy atom. The smallest absolute Gasteiger partial charge is 0.253 e. The number of hydrogen-bond acceptors (Lipinski definition) is 5. The molecule has 0 saturated carbocycles. The minimum Gasteiger partial charge on any atom is -0.387 e.